The molecule has 0 heterocycles. The Balaban J connectivity index is 2.31. The highest BCUT2D eigenvalue weighted by Gasteiger charge is 2.42. The number of methoxy groups -OCH3 is 2. The van der Waals surface area contributed by atoms with Gasteiger partial charge in [-0.15, -0.1) is 0 Å². The molecule has 0 amide bonds. The van der Waals surface area contributed by atoms with Gasteiger partial charge in [-0.3, -0.25) is 0 Å². The van der Waals surface area contributed by atoms with Gasteiger partial charge in [0.15, 0.2) is 0 Å². The molecule has 0 unspecified atom stereocenters. The summed E-state index contributed by atoms with van der Waals surface area (Å²) >= 11 is 0. The maximum atomic E-state index is 5.83. The van der Waals surface area contributed by atoms with Crippen molar-refractivity contribution in [3.63, 3.8) is 0 Å². The van der Waals surface area contributed by atoms with Crippen molar-refractivity contribution in [1.82, 2.24) is 0 Å². The van der Waals surface area contributed by atoms with Crippen LogP contribution in [-0.4, -0.2) is 20.8 Å². The third-order valence-electron chi connectivity index (χ3n) is 3.44. The van der Waals surface area contributed by atoms with E-state index in [2.05, 4.69) is 12.1 Å². The van der Waals surface area contributed by atoms with E-state index in [-0.39, 0.29) is 5.41 Å². The number of benzene rings is 1. The van der Waals surface area contributed by atoms with Gasteiger partial charge >= 0.3 is 0 Å². The second-order valence-corrected chi connectivity index (χ2v) is 4.44. The molecule has 1 aliphatic carbocycles. The van der Waals surface area contributed by atoms with Gasteiger partial charge in [-0.05, 0) is 30.5 Å². The Morgan fingerprint density at radius 1 is 1.31 bits per heavy atom. The first-order valence-electron chi connectivity index (χ1n) is 5.62. The third kappa shape index (κ3) is 1.93. The van der Waals surface area contributed by atoms with Crippen molar-refractivity contribution in [2.24, 2.45) is 5.73 Å². The Kier molecular flexibility index (Phi) is 3.17. The molecule has 0 radical (unpaired) electrons. The zero-order valence-electron chi connectivity index (χ0n) is 9.95. The van der Waals surface area contributed by atoms with Crippen LogP contribution in [0.4, 0.5) is 0 Å². The minimum atomic E-state index is 0.231. The summed E-state index contributed by atoms with van der Waals surface area (Å²) < 4.78 is 10.5. The zero-order valence-corrected chi connectivity index (χ0v) is 9.95. The molecule has 0 bridgehead atoms. The number of hydrogen-bond acceptors (Lipinski definition) is 3. The predicted molar refractivity (Wildman–Crippen MR) is 63.7 cm³/mol. The van der Waals surface area contributed by atoms with Gasteiger partial charge in [-0.25, -0.2) is 0 Å². The zero-order chi connectivity index (χ0) is 11.6. The third-order valence-corrected chi connectivity index (χ3v) is 3.44. The van der Waals surface area contributed by atoms with Gasteiger partial charge in [0.05, 0.1) is 13.7 Å². The normalized spacial score (nSPS) is 17.2. The molecule has 0 spiro atoms. The molecule has 2 rings (SSSR count). The first-order valence-corrected chi connectivity index (χ1v) is 5.62. The van der Waals surface area contributed by atoms with E-state index in [1.807, 2.05) is 6.07 Å². The molecular formula is C13H19NO2. The summed E-state index contributed by atoms with van der Waals surface area (Å²) in [5, 5.41) is 0. The van der Waals surface area contributed by atoms with Crippen LogP contribution in [0.2, 0.25) is 0 Å². The molecule has 2 N–H and O–H groups in total. The van der Waals surface area contributed by atoms with Crippen LogP contribution in [-0.2, 0) is 16.8 Å². The molecule has 3 nitrogen and oxygen atoms in total. The van der Waals surface area contributed by atoms with Crippen molar-refractivity contribution in [2.45, 2.75) is 24.9 Å². The SMILES string of the molecule is COCc1cc(C2(CN)CC2)ccc1OC. The highest BCUT2D eigenvalue weighted by atomic mass is 16.5. The van der Waals surface area contributed by atoms with Crippen LogP contribution in [0.1, 0.15) is 24.0 Å². The van der Waals surface area contributed by atoms with Crippen molar-refractivity contribution in [1.29, 1.82) is 0 Å². The quantitative estimate of drug-likeness (QED) is 0.825. The molecule has 1 aromatic carbocycles. The second kappa shape index (κ2) is 4.44. The summed E-state index contributed by atoms with van der Waals surface area (Å²) in [7, 11) is 3.38. The van der Waals surface area contributed by atoms with Crippen molar-refractivity contribution in [3.8, 4) is 5.75 Å². The van der Waals surface area contributed by atoms with Crippen LogP contribution >= 0.6 is 0 Å². The van der Waals surface area contributed by atoms with Crippen molar-refractivity contribution in [3.05, 3.63) is 29.3 Å². The van der Waals surface area contributed by atoms with Gasteiger partial charge in [-0.1, -0.05) is 6.07 Å². The highest BCUT2D eigenvalue weighted by Crippen LogP contribution is 2.47. The fourth-order valence-corrected chi connectivity index (χ4v) is 2.14. The van der Waals surface area contributed by atoms with E-state index in [0.717, 1.165) is 17.9 Å². The molecule has 88 valence electrons. The van der Waals surface area contributed by atoms with Crippen LogP contribution in [0.3, 0.4) is 0 Å². The molecule has 3 heteroatoms. The lowest BCUT2D eigenvalue weighted by atomic mass is 9.94. The summed E-state index contributed by atoms with van der Waals surface area (Å²) in [6, 6.07) is 6.31. The largest absolute Gasteiger partial charge is 0.496 e. The minimum Gasteiger partial charge on any atom is -0.496 e. The monoisotopic (exact) mass is 221 g/mol. The van der Waals surface area contributed by atoms with Crippen molar-refractivity contribution in [2.75, 3.05) is 20.8 Å². The lowest BCUT2D eigenvalue weighted by Gasteiger charge is -2.16. The smallest absolute Gasteiger partial charge is 0.124 e. The summed E-state index contributed by atoms with van der Waals surface area (Å²) in [6.07, 6.45) is 2.39. The lowest BCUT2D eigenvalue weighted by molar-refractivity contribution is 0.181. The molecule has 0 atom stereocenters. The molecule has 0 aliphatic heterocycles. The Morgan fingerprint density at radius 3 is 2.56 bits per heavy atom. The topological polar surface area (TPSA) is 44.5 Å². The fraction of sp³-hybridized carbons (Fsp3) is 0.538. The maximum Gasteiger partial charge on any atom is 0.124 e. The van der Waals surface area contributed by atoms with Crippen LogP contribution < -0.4 is 10.5 Å². The van der Waals surface area contributed by atoms with Crippen LogP contribution in [0, 0.1) is 0 Å². The average Bonchev–Trinajstić information content (AvgIpc) is 3.10. The van der Waals surface area contributed by atoms with Gasteiger partial charge in [0.2, 0.25) is 0 Å². The lowest BCUT2D eigenvalue weighted by Crippen LogP contribution is -2.19. The Labute approximate surface area is 96.5 Å². The fourth-order valence-electron chi connectivity index (χ4n) is 2.14. The first kappa shape index (κ1) is 11.4. The van der Waals surface area contributed by atoms with Crippen molar-refractivity contribution >= 4 is 0 Å². The van der Waals surface area contributed by atoms with E-state index in [0.29, 0.717) is 6.61 Å². The molecule has 1 aromatic rings. The Bertz CT molecular complexity index is 372. The second-order valence-electron chi connectivity index (χ2n) is 4.44. The molecular weight excluding hydrogens is 202 g/mol. The molecule has 16 heavy (non-hydrogen) atoms. The summed E-state index contributed by atoms with van der Waals surface area (Å²) in [6.45, 7) is 1.31. The standard InChI is InChI=1S/C13H19NO2/c1-15-8-10-7-11(3-4-12(10)16-2)13(9-14)5-6-13/h3-4,7H,5-6,8-9,14H2,1-2H3. The molecule has 1 aliphatic rings. The van der Waals surface area contributed by atoms with Gasteiger partial charge in [0.1, 0.15) is 5.75 Å². The molecule has 1 fully saturated rings. The van der Waals surface area contributed by atoms with Crippen LogP contribution in [0.25, 0.3) is 0 Å². The van der Waals surface area contributed by atoms with Gasteiger partial charge in [-0.2, -0.15) is 0 Å². The highest BCUT2D eigenvalue weighted by molar-refractivity contribution is 5.42. The van der Waals surface area contributed by atoms with Crippen LogP contribution in [0.5, 0.6) is 5.75 Å². The summed E-state index contributed by atoms with van der Waals surface area (Å²) in [5.41, 5.74) is 8.49. The van der Waals surface area contributed by atoms with E-state index in [9.17, 15) is 0 Å². The van der Waals surface area contributed by atoms with E-state index in [1.54, 1.807) is 14.2 Å². The number of nitrogens with two attached hydrogens (primary N) is 1. The number of rotatable bonds is 5. The van der Waals surface area contributed by atoms with E-state index in [4.69, 9.17) is 15.2 Å². The Hall–Kier alpha value is -1.06. The molecule has 1 saturated carbocycles. The van der Waals surface area contributed by atoms with Gasteiger partial charge < -0.3 is 15.2 Å². The van der Waals surface area contributed by atoms with E-state index < -0.39 is 0 Å². The van der Waals surface area contributed by atoms with E-state index >= 15 is 0 Å². The summed E-state index contributed by atoms with van der Waals surface area (Å²) in [4.78, 5) is 0. The van der Waals surface area contributed by atoms with Gasteiger partial charge in [0.25, 0.3) is 0 Å². The van der Waals surface area contributed by atoms with Crippen LogP contribution in [0.15, 0.2) is 18.2 Å². The van der Waals surface area contributed by atoms with Crippen molar-refractivity contribution < 1.29 is 9.47 Å². The first-order chi connectivity index (χ1) is 7.75. The number of hydrogen-bond donors (Lipinski definition) is 1. The Morgan fingerprint density at radius 2 is 2.06 bits per heavy atom. The maximum absolute atomic E-state index is 5.83. The number of ether oxygens (including phenoxy) is 2. The minimum absolute atomic E-state index is 0.231. The molecule has 0 aromatic heterocycles. The summed E-state index contributed by atoms with van der Waals surface area (Å²) in [5.74, 6) is 0.887. The average molecular weight is 221 g/mol. The van der Waals surface area contributed by atoms with Gasteiger partial charge in [0, 0.05) is 24.6 Å². The predicted octanol–water partition coefficient (Wildman–Crippen LogP) is 1.83. The van der Waals surface area contributed by atoms with E-state index in [1.165, 1.54) is 18.4 Å². The molecule has 0 saturated heterocycles.